The molecular formula is C12H18O2. The van der Waals surface area contributed by atoms with Gasteiger partial charge in [0.05, 0.1) is 0 Å². The highest BCUT2D eigenvalue weighted by atomic mass is 16.3. The SMILES string of the molecule is CCCC(CO)Cc1ccc(O)cc1. The molecule has 1 aromatic carbocycles. The highest BCUT2D eigenvalue weighted by Gasteiger charge is 2.06. The van der Waals surface area contributed by atoms with Crippen molar-refractivity contribution in [3.63, 3.8) is 0 Å². The molecule has 0 aliphatic heterocycles. The van der Waals surface area contributed by atoms with Crippen molar-refractivity contribution in [1.82, 2.24) is 0 Å². The first-order chi connectivity index (χ1) is 6.76. The Labute approximate surface area is 85.2 Å². The van der Waals surface area contributed by atoms with Crippen molar-refractivity contribution in [2.75, 3.05) is 6.61 Å². The van der Waals surface area contributed by atoms with Crippen LogP contribution in [-0.4, -0.2) is 16.8 Å². The number of hydrogen-bond acceptors (Lipinski definition) is 2. The Morgan fingerprint density at radius 2 is 1.86 bits per heavy atom. The molecule has 1 atom stereocenters. The Balaban J connectivity index is 2.53. The fraction of sp³-hybridized carbons (Fsp3) is 0.500. The van der Waals surface area contributed by atoms with E-state index in [1.807, 2.05) is 12.1 Å². The summed E-state index contributed by atoms with van der Waals surface area (Å²) in [7, 11) is 0. The monoisotopic (exact) mass is 194 g/mol. The van der Waals surface area contributed by atoms with Gasteiger partial charge in [-0.3, -0.25) is 0 Å². The minimum Gasteiger partial charge on any atom is -0.508 e. The number of aliphatic hydroxyl groups is 1. The summed E-state index contributed by atoms with van der Waals surface area (Å²) in [6, 6.07) is 7.20. The van der Waals surface area contributed by atoms with E-state index in [1.54, 1.807) is 12.1 Å². The van der Waals surface area contributed by atoms with Crippen LogP contribution in [0.25, 0.3) is 0 Å². The summed E-state index contributed by atoms with van der Waals surface area (Å²) in [4.78, 5) is 0. The number of phenolic OH excluding ortho intramolecular Hbond substituents is 1. The minimum atomic E-state index is 0.245. The number of phenols is 1. The molecule has 2 heteroatoms. The van der Waals surface area contributed by atoms with Crippen molar-refractivity contribution in [1.29, 1.82) is 0 Å². The molecule has 0 aromatic heterocycles. The standard InChI is InChI=1S/C12H18O2/c1-2-3-11(9-13)8-10-4-6-12(14)7-5-10/h4-7,11,13-14H,2-3,8-9H2,1H3. The summed E-state index contributed by atoms with van der Waals surface area (Å²) in [6.07, 6.45) is 3.05. The lowest BCUT2D eigenvalue weighted by atomic mass is 9.96. The molecule has 0 fully saturated rings. The first-order valence-electron chi connectivity index (χ1n) is 5.15. The smallest absolute Gasteiger partial charge is 0.115 e. The predicted octanol–water partition coefficient (Wildman–Crippen LogP) is 2.34. The van der Waals surface area contributed by atoms with Crippen molar-refractivity contribution in [2.24, 2.45) is 5.92 Å². The quantitative estimate of drug-likeness (QED) is 0.755. The first-order valence-corrected chi connectivity index (χ1v) is 5.15. The van der Waals surface area contributed by atoms with Crippen LogP contribution in [0.2, 0.25) is 0 Å². The van der Waals surface area contributed by atoms with E-state index in [4.69, 9.17) is 10.2 Å². The maximum atomic E-state index is 9.12. The number of benzene rings is 1. The molecule has 2 N–H and O–H groups in total. The van der Waals surface area contributed by atoms with E-state index in [0.717, 1.165) is 19.3 Å². The zero-order chi connectivity index (χ0) is 10.4. The Hall–Kier alpha value is -1.02. The summed E-state index contributed by atoms with van der Waals surface area (Å²) in [6.45, 7) is 2.37. The lowest BCUT2D eigenvalue weighted by Gasteiger charge is -2.12. The number of rotatable bonds is 5. The fourth-order valence-corrected chi connectivity index (χ4v) is 1.63. The molecule has 0 saturated carbocycles. The Morgan fingerprint density at radius 1 is 1.21 bits per heavy atom. The van der Waals surface area contributed by atoms with E-state index in [9.17, 15) is 0 Å². The van der Waals surface area contributed by atoms with Gasteiger partial charge in [0.25, 0.3) is 0 Å². The van der Waals surface area contributed by atoms with E-state index in [-0.39, 0.29) is 6.61 Å². The zero-order valence-corrected chi connectivity index (χ0v) is 8.61. The third kappa shape index (κ3) is 3.38. The summed E-state index contributed by atoms with van der Waals surface area (Å²) in [5.74, 6) is 0.648. The molecule has 1 rings (SSSR count). The lowest BCUT2D eigenvalue weighted by Crippen LogP contribution is -2.08. The van der Waals surface area contributed by atoms with E-state index in [2.05, 4.69) is 6.92 Å². The second-order valence-electron chi connectivity index (χ2n) is 3.71. The third-order valence-corrected chi connectivity index (χ3v) is 2.42. The molecule has 0 radical (unpaired) electrons. The second kappa shape index (κ2) is 5.66. The highest BCUT2D eigenvalue weighted by molar-refractivity contribution is 5.26. The summed E-state index contributed by atoms with van der Waals surface area (Å²) in [5, 5.41) is 18.2. The van der Waals surface area contributed by atoms with Gasteiger partial charge in [-0.05, 0) is 36.5 Å². The van der Waals surface area contributed by atoms with Crippen LogP contribution in [0, 0.1) is 5.92 Å². The second-order valence-corrected chi connectivity index (χ2v) is 3.71. The maximum absolute atomic E-state index is 9.12. The summed E-state index contributed by atoms with van der Waals surface area (Å²) >= 11 is 0. The predicted molar refractivity (Wildman–Crippen MR) is 57.3 cm³/mol. The number of aliphatic hydroxyl groups excluding tert-OH is 1. The number of hydrogen-bond donors (Lipinski definition) is 2. The molecule has 0 bridgehead atoms. The van der Waals surface area contributed by atoms with E-state index >= 15 is 0 Å². The topological polar surface area (TPSA) is 40.5 Å². The molecule has 0 aliphatic carbocycles. The Bertz CT molecular complexity index is 254. The zero-order valence-electron chi connectivity index (χ0n) is 8.61. The minimum absolute atomic E-state index is 0.245. The third-order valence-electron chi connectivity index (χ3n) is 2.42. The van der Waals surface area contributed by atoms with Crippen LogP contribution < -0.4 is 0 Å². The van der Waals surface area contributed by atoms with Gasteiger partial charge in [0.15, 0.2) is 0 Å². The van der Waals surface area contributed by atoms with Crippen LogP contribution in [0.3, 0.4) is 0 Å². The van der Waals surface area contributed by atoms with Gasteiger partial charge in [-0.2, -0.15) is 0 Å². The van der Waals surface area contributed by atoms with Crippen LogP contribution in [0.5, 0.6) is 5.75 Å². The van der Waals surface area contributed by atoms with Gasteiger partial charge in [0.1, 0.15) is 5.75 Å². The van der Waals surface area contributed by atoms with Gasteiger partial charge in [-0.1, -0.05) is 25.5 Å². The summed E-state index contributed by atoms with van der Waals surface area (Å²) in [5.41, 5.74) is 1.18. The Kier molecular flexibility index (Phi) is 4.47. The molecule has 0 heterocycles. The van der Waals surface area contributed by atoms with Crippen molar-refractivity contribution < 1.29 is 10.2 Å². The van der Waals surface area contributed by atoms with Crippen LogP contribution in [0.15, 0.2) is 24.3 Å². The van der Waals surface area contributed by atoms with E-state index in [0.29, 0.717) is 11.7 Å². The van der Waals surface area contributed by atoms with Crippen LogP contribution >= 0.6 is 0 Å². The van der Waals surface area contributed by atoms with Gasteiger partial charge in [-0.15, -0.1) is 0 Å². The van der Waals surface area contributed by atoms with Gasteiger partial charge in [0, 0.05) is 6.61 Å². The fourth-order valence-electron chi connectivity index (χ4n) is 1.63. The van der Waals surface area contributed by atoms with Gasteiger partial charge in [-0.25, -0.2) is 0 Å². The van der Waals surface area contributed by atoms with Gasteiger partial charge >= 0.3 is 0 Å². The molecule has 1 aromatic rings. The molecule has 0 saturated heterocycles. The lowest BCUT2D eigenvalue weighted by molar-refractivity contribution is 0.217. The molecule has 78 valence electrons. The maximum Gasteiger partial charge on any atom is 0.115 e. The van der Waals surface area contributed by atoms with Crippen LogP contribution in [0.1, 0.15) is 25.3 Å². The number of aromatic hydroxyl groups is 1. The molecule has 0 amide bonds. The van der Waals surface area contributed by atoms with E-state index < -0.39 is 0 Å². The van der Waals surface area contributed by atoms with Crippen molar-refractivity contribution in [2.45, 2.75) is 26.2 Å². The van der Waals surface area contributed by atoms with E-state index in [1.165, 1.54) is 5.56 Å². The normalized spacial score (nSPS) is 12.7. The van der Waals surface area contributed by atoms with Gasteiger partial charge < -0.3 is 10.2 Å². The molecule has 0 aliphatic rings. The average Bonchev–Trinajstić information content (AvgIpc) is 2.20. The van der Waals surface area contributed by atoms with Crippen molar-refractivity contribution in [3.8, 4) is 5.75 Å². The average molecular weight is 194 g/mol. The molecular weight excluding hydrogens is 176 g/mol. The molecule has 14 heavy (non-hydrogen) atoms. The Morgan fingerprint density at radius 3 is 2.36 bits per heavy atom. The first kappa shape index (κ1) is 11.1. The van der Waals surface area contributed by atoms with Gasteiger partial charge in [0.2, 0.25) is 0 Å². The van der Waals surface area contributed by atoms with Crippen LogP contribution in [0.4, 0.5) is 0 Å². The molecule has 0 spiro atoms. The van der Waals surface area contributed by atoms with Crippen molar-refractivity contribution >= 4 is 0 Å². The van der Waals surface area contributed by atoms with Crippen molar-refractivity contribution in [3.05, 3.63) is 29.8 Å². The largest absolute Gasteiger partial charge is 0.508 e. The summed E-state index contributed by atoms with van der Waals surface area (Å²) < 4.78 is 0. The van der Waals surface area contributed by atoms with Crippen LogP contribution in [-0.2, 0) is 6.42 Å². The highest BCUT2D eigenvalue weighted by Crippen LogP contribution is 2.16. The molecule has 2 nitrogen and oxygen atoms in total. The molecule has 1 unspecified atom stereocenters.